The van der Waals surface area contributed by atoms with Crippen molar-refractivity contribution < 1.29 is 19.0 Å². The average Bonchev–Trinajstić information content (AvgIpc) is 2.88. The molecular formula is C23H32N6O4. The van der Waals surface area contributed by atoms with Crippen LogP contribution in [0, 0.1) is 0 Å². The zero-order chi connectivity index (χ0) is 23.2. The molecule has 2 aliphatic heterocycles. The highest BCUT2D eigenvalue weighted by atomic mass is 16.5. The number of carbonyl (C=O) groups excluding carboxylic acids is 1. The SMILES string of the molecule is COc1cc(NC(=O)N2CCN(c3ccc(N4CCCCC4)nn3)CC2)cc(OC)c1OC. The van der Waals surface area contributed by atoms with Crippen LogP contribution in [0.4, 0.5) is 22.1 Å². The summed E-state index contributed by atoms with van der Waals surface area (Å²) >= 11 is 0. The maximum absolute atomic E-state index is 12.8. The number of hydrogen-bond donors (Lipinski definition) is 1. The van der Waals surface area contributed by atoms with Crippen LogP contribution < -0.4 is 29.3 Å². The van der Waals surface area contributed by atoms with Crippen molar-refractivity contribution in [2.45, 2.75) is 19.3 Å². The van der Waals surface area contributed by atoms with Crippen LogP contribution in [-0.2, 0) is 0 Å². The number of rotatable bonds is 6. The summed E-state index contributed by atoms with van der Waals surface area (Å²) in [5, 5.41) is 11.8. The third-order valence-electron chi connectivity index (χ3n) is 6.12. The zero-order valence-corrected chi connectivity index (χ0v) is 19.5. The second kappa shape index (κ2) is 10.5. The summed E-state index contributed by atoms with van der Waals surface area (Å²) in [4.78, 5) is 19.1. The molecule has 178 valence electrons. The molecule has 0 bridgehead atoms. The number of anilines is 3. The Labute approximate surface area is 194 Å². The molecule has 1 aromatic carbocycles. The smallest absolute Gasteiger partial charge is 0.321 e. The van der Waals surface area contributed by atoms with Crippen LogP contribution in [-0.4, -0.2) is 81.7 Å². The van der Waals surface area contributed by atoms with Crippen LogP contribution in [0.15, 0.2) is 24.3 Å². The number of carbonyl (C=O) groups is 1. The number of aromatic nitrogens is 2. The molecule has 0 unspecified atom stereocenters. The topological polar surface area (TPSA) is 92.3 Å². The van der Waals surface area contributed by atoms with Gasteiger partial charge in [-0.05, 0) is 31.4 Å². The molecule has 2 aliphatic rings. The maximum Gasteiger partial charge on any atom is 0.321 e. The molecule has 2 saturated heterocycles. The van der Waals surface area contributed by atoms with E-state index in [2.05, 4.69) is 31.4 Å². The fraction of sp³-hybridized carbons (Fsp3) is 0.522. The number of amides is 2. The predicted octanol–water partition coefficient (Wildman–Crippen LogP) is 2.85. The minimum absolute atomic E-state index is 0.171. The van der Waals surface area contributed by atoms with Gasteiger partial charge >= 0.3 is 6.03 Å². The molecule has 10 nitrogen and oxygen atoms in total. The largest absolute Gasteiger partial charge is 0.493 e. The van der Waals surface area contributed by atoms with Crippen molar-refractivity contribution in [1.82, 2.24) is 15.1 Å². The summed E-state index contributed by atoms with van der Waals surface area (Å²) in [6.07, 6.45) is 3.71. The van der Waals surface area contributed by atoms with Crippen LogP contribution in [0.25, 0.3) is 0 Å². The summed E-state index contributed by atoms with van der Waals surface area (Å²) in [7, 11) is 4.64. The van der Waals surface area contributed by atoms with Crippen LogP contribution in [0.1, 0.15) is 19.3 Å². The van der Waals surface area contributed by atoms with E-state index in [4.69, 9.17) is 14.2 Å². The van der Waals surface area contributed by atoms with E-state index in [9.17, 15) is 4.79 Å². The van der Waals surface area contributed by atoms with Gasteiger partial charge in [0.1, 0.15) is 0 Å². The summed E-state index contributed by atoms with van der Waals surface area (Å²) in [5.41, 5.74) is 0.580. The van der Waals surface area contributed by atoms with Crippen molar-refractivity contribution in [2.24, 2.45) is 0 Å². The van der Waals surface area contributed by atoms with Gasteiger partial charge < -0.3 is 34.2 Å². The Morgan fingerprint density at radius 1 is 0.788 bits per heavy atom. The summed E-state index contributed by atoms with van der Waals surface area (Å²) in [6.45, 7) is 4.67. The summed E-state index contributed by atoms with van der Waals surface area (Å²) < 4.78 is 16.1. The van der Waals surface area contributed by atoms with Crippen molar-refractivity contribution in [1.29, 1.82) is 0 Å². The number of nitrogens with zero attached hydrogens (tertiary/aromatic N) is 5. The molecule has 1 N–H and O–H groups in total. The Morgan fingerprint density at radius 2 is 1.33 bits per heavy atom. The van der Waals surface area contributed by atoms with Gasteiger partial charge in [0.05, 0.1) is 27.0 Å². The lowest BCUT2D eigenvalue weighted by molar-refractivity contribution is 0.208. The Bertz CT molecular complexity index is 915. The van der Waals surface area contributed by atoms with Gasteiger partial charge in [-0.25, -0.2) is 4.79 Å². The molecule has 1 aromatic heterocycles. The predicted molar refractivity (Wildman–Crippen MR) is 127 cm³/mol. The van der Waals surface area contributed by atoms with Gasteiger partial charge in [-0.1, -0.05) is 0 Å². The van der Waals surface area contributed by atoms with Crippen molar-refractivity contribution in [3.8, 4) is 17.2 Å². The van der Waals surface area contributed by atoms with E-state index < -0.39 is 0 Å². The first-order chi connectivity index (χ1) is 16.1. The molecule has 0 spiro atoms. The first-order valence-corrected chi connectivity index (χ1v) is 11.3. The molecule has 2 fully saturated rings. The highest BCUT2D eigenvalue weighted by Crippen LogP contribution is 2.40. The van der Waals surface area contributed by atoms with E-state index in [1.807, 2.05) is 6.07 Å². The third kappa shape index (κ3) is 5.15. The number of benzene rings is 1. The highest BCUT2D eigenvalue weighted by molar-refractivity contribution is 5.90. The van der Waals surface area contributed by atoms with Gasteiger partial charge in [-0.15, -0.1) is 10.2 Å². The number of ether oxygens (including phenoxy) is 3. The Kier molecular flexibility index (Phi) is 7.21. The molecule has 0 saturated carbocycles. The Balaban J connectivity index is 1.34. The number of piperazine rings is 1. The molecule has 3 heterocycles. The van der Waals surface area contributed by atoms with Gasteiger partial charge in [0.2, 0.25) is 5.75 Å². The molecule has 0 radical (unpaired) electrons. The van der Waals surface area contributed by atoms with E-state index in [0.717, 1.165) is 24.7 Å². The average molecular weight is 457 g/mol. The fourth-order valence-electron chi connectivity index (χ4n) is 4.27. The molecule has 33 heavy (non-hydrogen) atoms. The molecular weight excluding hydrogens is 424 g/mol. The van der Waals surface area contributed by atoms with Gasteiger partial charge in [-0.2, -0.15) is 0 Å². The molecule has 4 rings (SSSR count). The minimum Gasteiger partial charge on any atom is -0.493 e. The van der Waals surface area contributed by atoms with Gasteiger partial charge in [0.15, 0.2) is 23.1 Å². The van der Waals surface area contributed by atoms with Crippen LogP contribution in [0.2, 0.25) is 0 Å². The molecule has 10 heteroatoms. The van der Waals surface area contributed by atoms with Crippen LogP contribution in [0.3, 0.4) is 0 Å². The van der Waals surface area contributed by atoms with Gasteiger partial charge in [-0.3, -0.25) is 0 Å². The van der Waals surface area contributed by atoms with Crippen molar-refractivity contribution in [2.75, 3.05) is 75.7 Å². The normalized spacial score (nSPS) is 16.4. The lowest BCUT2D eigenvalue weighted by atomic mass is 10.1. The zero-order valence-electron chi connectivity index (χ0n) is 19.5. The lowest BCUT2D eigenvalue weighted by Gasteiger charge is -2.35. The lowest BCUT2D eigenvalue weighted by Crippen LogP contribution is -2.50. The van der Waals surface area contributed by atoms with Gasteiger partial charge in [0, 0.05) is 51.4 Å². The van der Waals surface area contributed by atoms with E-state index in [1.165, 1.54) is 19.3 Å². The number of urea groups is 1. The third-order valence-corrected chi connectivity index (χ3v) is 6.12. The summed E-state index contributed by atoms with van der Waals surface area (Å²) in [6, 6.07) is 7.35. The second-order valence-corrected chi connectivity index (χ2v) is 8.12. The summed E-state index contributed by atoms with van der Waals surface area (Å²) in [5.74, 6) is 3.26. The highest BCUT2D eigenvalue weighted by Gasteiger charge is 2.23. The van der Waals surface area contributed by atoms with E-state index in [1.54, 1.807) is 38.4 Å². The molecule has 2 amide bonds. The number of hydrogen-bond acceptors (Lipinski definition) is 8. The Morgan fingerprint density at radius 3 is 1.82 bits per heavy atom. The van der Waals surface area contributed by atoms with Crippen molar-refractivity contribution >= 4 is 23.4 Å². The number of piperidine rings is 1. The van der Waals surface area contributed by atoms with E-state index >= 15 is 0 Å². The molecule has 2 aromatic rings. The first kappa shape index (κ1) is 22.8. The molecule has 0 atom stereocenters. The minimum atomic E-state index is -0.171. The van der Waals surface area contributed by atoms with E-state index in [0.29, 0.717) is 49.1 Å². The maximum atomic E-state index is 12.8. The van der Waals surface area contributed by atoms with Gasteiger partial charge in [0.25, 0.3) is 0 Å². The van der Waals surface area contributed by atoms with Crippen molar-refractivity contribution in [3.05, 3.63) is 24.3 Å². The first-order valence-electron chi connectivity index (χ1n) is 11.3. The fourth-order valence-corrected chi connectivity index (χ4v) is 4.27. The monoisotopic (exact) mass is 456 g/mol. The van der Waals surface area contributed by atoms with Crippen molar-refractivity contribution in [3.63, 3.8) is 0 Å². The second-order valence-electron chi connectivity index (χ2n) is 8.12. The van der Waals surface area contributed by atoms with E-state index in [-0.39, 0.29) is 6.03 Å². The standard InChI is InChI=1S/C23H32N6O4/c1-31-18-15-17(16-19(32-2)22(18)33-3)24-23(30)29-13-11-28(12-14-29)21-8-7-20(25-26-21)27-9-5-4-6-10-27/h7-8,15-16H,4-6,9-14H2,1-3H3,(H,24,30). The van der Waals surface area contributed by atoms with Crippen LogP contribution >= 0.6 is 0 Å². The van der Waals surface area contributed by atoms with Crippen LogP contribution in [0.5, 0.6) is 17.2 Å². The quantitative estimate of drug-likeness (QED) is 0.710. The number of methoxy groups -OCH3 is 3. The Hall–Kier alpha value is -3.43. The molecule has 0 aliphatic carbocycles. The number of nitrogens with one attached hydrogen (secondary N) is 1.